The molecule has 3 aromatic rings. The smallest absolute Gasteiger partial charge is 0.257 e. The average Bonchev–Trinajstić information content (AvgIpc) is 3.33. The number of hydrogen-bond donors (Lipinski definition) is 0. The molecule has 8 heteroatoms. The molecule has 0 N–H and O–H groups in total. The Morgan fingerprint density at radius 2 is 1.94 bits per heavy atom. The van der Waals surface area contributed by atoms with E-state index in [0.717, 1.165) is 24.2 Å². The van der Waals surface area contributed by atoms with E-state index in [1.54, 1.807) is 37.3 Å². The van der Waals surface area contributed by atoms with Gasteiger partial charge in [0.2, 0.25) is 11.7 Å². The molecule has 1 aliphatic heterocycles. The van der Waals surface area contributed by atoms with Gasteiger partial charge in [-0.2, -0.15) is 4.98 Å². The molecule has 1 unspecified atom stereocenters. The molecule has 1 fully saturated rings. The van der Waals surface area contributed by atoms with Crippen LogP contribution in [0.4, 0.5) is 0 Å². The third-order valence-electron chi connectivity index (χ3n) is 5.46. The summed E-state index contributed by atoms with van der Waals surface area (Å²) in [6, 6.07) is 12.8. The fraction of sp³-hybridized carbons (Fsp3) is 0.348. The van der Waals surface area contributed by atoms with Crippen LogP contribution in [0.5, 0.6) is 17.2 Å². The Labute approximate surface area is 180 Å². The summed E-state index contributed by atoms with van der Waals surface area (Å²) in [6.07, 6.45) is 1.72. The predicted molar refractivity (Wildman–Crippen MR) is 114 cm³/mol. The van der Waals surface area contributed by atoms with Gasteiger partial charge in [0.25, 0.3) is 5.91 Å². The monoisotopic (exact) mass is 423 g/mol. The molecule has 0 spiro atoms. The fourth-order valence-electron chi connectivity index (χ4n) is 3.87. The zero-order valence-electron chi connectivity index (χ0n) is 17.8. The highest BCUT2D eigenvalue weighted by Gasteiger charge is 2.31. The number of aromatic nitrogens is 2. The maximum Gasteiger partial charge on any atom is 0.257 e. The molecule has 31 heavy (non-hydrogen) atoms. The van der Waals surface area contributed by atoms with Gasteiger partial charge in [0.15, 0.2) is 11.5 Å². The van der Waals surface area contributed by atoms with Gasteiger partial charge < -0.3 is 23.6 Å². The second-order valence-electron chi connectivity index (χ2n) is 7.32. The van der Waals surface area contributed by atoms with Crippen molar-refractivity contribution in [3.05, 3.63) is 53.9 Å². The molecule has 2 aromatic carbocycles. The lowest BCUT2D eigenvalue weighted by atomic mass is 9.97. The van der Waals surface area contributed by atoms with E-state index in [9.17, 15) is 4.79 Å². The van der Waals surface area contributed by atoms with Crippen molar-refractivity contribution in [2.45, 2.75) is 18.8 Å². The summed E-state index contributed by atoms with van der Waals surface area (Å²) in [5, 5.41) is 4.13. The van der Waals surface area contributed by atoms with E-state index in [4.69, 9.17) is 18.7 Å². The van der Waals surface area contributed by atoms with Crippen LogP contribution in [-0.4, -0.2) is 55.4 Å². The molecule has 1 saturated heterocycles. The summed E-state index contributed by atoms with van der Waals surface area (Å²) >= 11 is 0. The van der Waals surface area contributed by atoms with Crippen molar-refractivity contribution < 1.29 is 23.5 Å². The number of rotatable bonds is 6. The van der Waals surface area contributed by atoms with Crippen molar-refractivity contribution in [1.29, 1.82) is 0 Å². The topological polar surface area (TPSA) is 86.9 Å². The van der Waals surface area contributed by atoms with Gasteiger partial charge in [0, 0.05) is 18.7 Å². The van der Waals surface area contributed by atoms with Crippen LogP contribution >= 0.6 is 0 Å². The zero-order valence-corrected chi connectivity index (χ0v) is 17.8. The fourth-order valence-corrected chi connectivity index (χ4v) is 3.87. The number of carbonyl (C=O) groups is 1. The number of hydrogen-bond acceptors (Lipinski definition) is 7. The summed E-state index contributed by atoms with van der Waals surface area (Å²) in [4.78, 5) is 19.6. The number of carbonyl (C=O) groups excluding carboxylic acids is 1. The van der Waals surface area contributed by atoms with Gasteiger partial charge in [-0.05, 0) is 37.1 Å². The number of methoxy groups -OCH3 is 3. The Kier molecular flexibility index (Phi) is 6.06. The van der Waals surface area contributed by atoms with E-state index in [-0.39, 0.29) is 11.8 Å². The van der Waals surface area contributed by atoms with Gasteiger partial charge in [-0.15, -0.1) is 0 Å². The van der Waals surface area contributed by atoms with Crippen molar-refractivity contribution in [3.63, 3.8) is 0 Å². The van der Waals surface area contributed by atoms with Crippen LogP contribution in [0.15, 0.2) is 47.0 Å². The van der Waals surface area contributed by atoms with Crippen LogP contribution in [0.2, 0.25) is 0 Å². The molecule has 0 aliphatic carbocycles. The van der Waals surface area contributed by atoms with E-state index < -0.39 is 0 Å². The van der Waals surface area contributed by atoms with E-state index in [1.165, 1.54) is 7.11 Å². The second-order valence-corrected chi connectivity index (χ2v) is 7.32. The first-order chi connectivity index (χ1) is 15.1. The Morgan fingerprint density at radius 1 is 1.10 bits per heavy atom. The molecule has 2 heterocycles. The number of ether oxygens (including phenoxy) is 3. The lowest BCUT2D eigenvalue weighted by molar-refractivity contribution is 0.0691. The third-order valence-corrected chi connectivity index (χ3v) is 5.46. The van der Waals surface area contributed by atoms with Crippen LogP contribution < -0.4 is 14.2 Å². The molecule has 1 amide bonds. The molecule has 162 valence electrons. The lowest BCUT2D eigenvalue weighted by Crippen LogP contribution is -2.39. The van der Waals surface area contributed by atoms with Crippen molar-refractivity contribution >= 4 is 5.91 Å². The van der Waals surface area contributed by atoms with Gasteiger partial charge >= 0.3 is 0 Å². The van der Waals surface area contributed by atoms with Crippen molar-refractivity contribution in [2.24, 2.45) is 0 Å². The van der Waals surface area contributed by atoms with Gasteiger partial charge in [-0.1, -0.05) is 23.4 Å². The predicted octanol–water partition coefficient (Wildman–Crippen LogP) is 3.78. The van der Waals surface area contributed by atoms with E-state index in [1.807, 2.05) is 24.3 Å². The molecule has 0 saturated carbocycles. The van der Waals surface area contributed by atoms with E-state index in [2.05, 4.69) is 10.1 Å². The van der Waals surface area contributed by atoms with Crippen molar-refractivity contribution in [3.8, 4) is 28.6 Å². The summed E-state index contributed by atoms with van der Waals surface area (Å²) in [7, 11) is 4.70. The van der Waals surface area contributed by atoms with Crippen molar-refractivity contribution in [2.75, 3.05) is 34.4 Å². The molecule has 1 atom stereocenters. The maximum absolute atomic E-state index is 13.2. The molecule has 8 nitrogen and oxygen atoms in total. The summed E-state index contributed by atoms with van der Waals surface area (Å²) in [5.41, 5.74) is 1.30. The zero-order chi connectivity index (χ0) is 21.8. The molecular formula is C23H25N3O5. The van der Waals surface area contributed by atoms with Crippen LogP contribution in [0, 0.1) is 0 Å². The Hall–Kier alpha value is -3.55. The summed E-state index contributed by atoms with van der Waals surface area (Å²) in [6.45, 7) is 1.16. The second kappa shape index (κ2) is 9.07. The van der Waals surface area contributed by atoms with Crippen LogP contribution in [-0.2, 0) is 0 Å². The van der Waals surface area contributed by atoms with Crippen LogP contribution in [0.25, 0.3) is 11.4 Å². The van der Waals surface area contributed by atoms with E-state index >= 15 is 0 Å². The number of piperidine rings is 1. The van der Waals surface area contributed by atoms with Crippen LogP contribution in [0.1, 0.15) is 35.0 Å². The molecular weight excluding hydrogens is 398 g/mol. The molecule has 0 bridgehead atoms. The highest BCUT2D eigenvalue weighted by Crippen LogP contribution is 2.34. The normalized spacial score (nSPS) is 16.1. The van der Waals surface area contributed by atoms with Gasteiger partial charge in [0.1, 0.15) is 5.75 Å². The Morgan fingerprint density at radius 3 is 2.71 bits per heavy atom. The summed E-state index contributed by atoms with van der Waals surface area (Å²) < 4.78 is 21.6. The minimum Gasteiger partial charge on any atom is -0.497 e. The SMILES string of the molecule is COc1cccc(-c2noc(C3CCCN(C(=O)c4cccc(OC)c4OC)C3)n2)c1. The molecule has 1 aliphatic rings. The van der Waals surface area contributed by atoms with E-state index in [0.29, 0.717) is 41.9 Å². The first-order valence-corrected chi connectivity index (χ1v) is 10.1. The minimum atomic E-state index is -0.104. The standard InChI is InChI=1S/C23H25N3O5/c1-28-17-9-4-7-15(13-17)21-24-22(31-25-21)16-8-6-12-26(14-16)23(27)18-10-5-11-19(29-2)20(18)30-3/h4-5,7,9-11,13,16H,6,8,12,14H2,1-3H3. The Balaban J connectivity index is 1.53. The highest BCUT2D eigenvalue weighted by atomic mass is 16.5. The summed E-state index contributed by atoms with van der Waals surface area (Å²) in [5.74, 6) is 2.61. The highest BCUT2D eigenvalue weighted by molar-refractivity contribution is 5.98. The number of para-hydroxylation sites is 1. The van der Waals surface area contributed by atoms with Gasteiger partial charge in [-0.25, -0.2) is 0 Å². The molecule has 0 radical (unpaired) electrons. The average molecular weight is 423 g/mol. The quantitative estimate of drug-likeness (QED) is 0.596. The lowest BCUT2D eigenvalue weighted by Gasteiger charge is -2.31. The molecule has 4 rings (SSSR count). The largest absolute Gasteiger partial charge is 0.497 e. The van der Waals surface area contributed by atoms with Gasteiger partial charge in [0.05, 0.1) is 32.8 Å². The maximum atomic E-state index is 13.2. The molecule has 1 aromatic heterocycles. The number of nitrogens with zero attached hydrogens (tertiary/aromatic N) is 3. The first kappa shape index (κ1) is 20.7. The van der Waals surface area contributed by atoms with Gasteiger partial charge in [-0.3, -0.25) is 4.79 Å². The Bertz CT molecular complexity index is 1060. The van der Waals surface area contributed by atoms with Crippen LogP contribution in [0.3, 0.4) is 0 Å². The minimum absolute atomic E-state index is 0.0267. The number of benzene rings is 2. The van der Waals surface area contributed by atoms with Crippen molar-refractivity contribution in [1.82, 2.24) is 15.0 Å². The first-order valence-electron chi connectivity index (χ1n) is 10.1. The number of likely N-dealkylation sites (tertiary alicyclic amines) is 1. The number of amides is 1. The third kappa shape index (κ3) is 4.19.